The molecule has 0 N–H and O–H groups in total. The number of hydrogen-bond acceptors (Lipinski definition) is 3. The molecular weight excluding hydrogens is 252 g/mol. The van der Waals surface area contributed by atoms with E-state index in [9.17, 15) is 4.79 Å². The lowest BCUT2D eigenvalue weighted by Crippen LogP contribution is -2.16. The number of ketones is 1. The van der Waals surface area contributed by atoms with Crippen molar-refractivity contribution in [2.45, 2.75) is 26.2 Å². The Hall–Kier alpha value is -1.22. The highest BCUT2D eigenvalue weighted by Gasteiger charge is 2.18. The number of Topliss-reactive ketones (excluding diaryl/α,β-unsaturated/α-hetero) is 1. The first-order chi connectivity index (χ1) is 8.76. The number of benzene rings is 1. The molecule has 3 nitrogen and oxygen atoms in total. The Morgan fingerprint density at radius 1 is 1.28 bits per heavy atom. The SMILES string of the molecule is CCc1cc2c(cc1C(=O)CCCCl)OCCO2. The Morgan fingerprint density at radius 3 is 2.56 bits per heavy atom. The first-order valence-corrected chi connectivity index (χ1v) is 6.81. The Morgan fingerprint density at radius 2 is 1.94 bits per heavy atom. The third kappa shape index (κ3) is 2.78. The molecule has 0 bridgehead atoms. The molecule has 0 radical (unpaired) electrons. The standard InChI is InChI=1S/C14H17ClO3/c1-2-10-8-13-14(18-7-6-17-13)9-11(10)12(16)4-3-5-15/h8-9H,2-7H2,1H3. The summed E-state index contributed by atoms with van der Waals surface area (Å²) in [6.07, 6.45) is 1.99. The van der Waals surface area contributed by atoms with E-state index in [1.807, 2.05) is 19.1 Å². The predicted octanol–water partition coefficient (Wildman–Crippen LogP) is 3.22. The molecule has 1 aromatic rings. The van der Waals surface area contributed by atoms with Crippen molar-refractivity contribution >= 4 is 17.4 Å². The molecule has 2 rings (SSSR count). The van der Waals surface area contributed by atoms with Crippen LogP contribution in [0, 0.1) is 0 Å². The fourth-order valence-electron chi connectivity index (χ4n) is 2.05. The van der Waals surface area contributed by atoms with E-state index >= 15 is 0 Å². The lowest BCUT2D eigenvalue weighted by molar-refractivity contribution is 0.0979. The summed E-state index contributed by atoms with van der Waals surface area (Å²) in [7, 11) is 0. The van der Waals surface area contributed by atoms with Gasteiger partial charge >= 0.3 is 0 Å². The van der Waals surface area contributed by atoms with Crippen molar-refractivity contribution in [3.8, 4) is 11.5 Å². The highest BCUT2D eigenvalue weighted by molar-refractivity contribution is 6.18. The minimum atomic E-state index is 0.129. The van der Waals surface area contributed by atoms with Crippen LogP contribution in [0.3, 0.4) is 0 Å². The molecule has 1 aromatic carbocycles. The predicted molar refractivity (Wildman–Crippen MR) is 71.1 cm³/mol. The second kappa shape index (κ2) is 6.10. The van der Waals surface area contributed by atoms with Crippen LogP contribution in [0.2, 0.25) is 0 Å². The maximum atomic E-state index is 12.1. The lowest BCUT2D eigenvalue weighted by atomic mass is 9.98. The van der Waals surface area contributed by atoms with Gasteiger partial charge in [0.25, 0.3) is 0 Å². The van der Waals surface area contributed by atoms with Gasteiger partial charge < -0.3 is 9.47 Å². The van der Waals surface area contributed by atoms with E-state index in [4.69, 9.17) is 21.1 Å². The Labute approximate surface area is 112 Å². The first-order valence-electron chi connectivity index (χ1n) is 6.28. The van der Waals surface area contributed by atoms with E-state index in [-0.39, 0.29) is 5.78 Å². The monoisotopic (exact) mass is 268 g/mol. The number of aryl methyl sites for hydroxylation is 1. The van der Waals surface area contributed by atoms with Crippen LogP contribution in [0.25, 0.3) is 0 Å². The maximum Gasteiger partial charge on any atom is 0.163 e. The van der Waals surface area contributed by atoms with E-state index in [2.05, 4.69) is 0 Å². The van der Waals surface area contributed by atoms with Gasteiger partial charge in [0, 0.05) is 17.9 Å². The number of rotatable bonds is 5. The second-order valence-electron chi connectivity index (χ2n) is 4.22. The number of halogens is 1. The number of hydrogen-bond donors (Lipinski definition) is 0. The second-order valence-corrected chi connectivity index (χ2v) is 4.60. The Balaban J connectivity index is 2.30. The van der Waals surface area contributed by atoms with E-state index in [0.717, 1.165) is 23.3 Å². The Bertz CT molecular complexity index is 443. The summed E-state index contributed by atoms with van der Waals surface area (Å²) in [5, 5.41) is 0. The molecule has 0 aromatic heterocycles. The number of fused-ring (bicyclic) bond motifs is 1. The topological polar surface area (TPSA) is 35.5 Å². The van der Waals surface area contributed by atoms with Crippen molar-refractivity contribution in [1.29, 1.82) is 0 Å². The van der Waals surface area contributed by atoms with Gasteiger partial charge in [0.15, 0.2) is 17.3 Å². The minimum Gasteiger partial charge on any atom is -0.486 e. The molecule has 0 spiro atoms. The molecule has 0 amide bonds. The van der Waals surface area contributed by atoms with Gasteiger partial charge in [-0.2, -0.15) is 0 Å². The molecule has 0 saturated heterocycles. The molecule has 1 aliphatic heterocycles. The molecule has 4 heteroatoms. The van der Waals surface area contributed by atoms with Crippen molar-refractivity contribution in [3.63, 3.8) is 0 Å². The molecule has 98 valence electrons. The summed E-state index contributed by atoms with van der Waals surface area (Å²) in [6, 6.07) is 3.73. The molecular formula is C14H17ClO3. The third-order valence-electron chi connectivity index (χ3n) is 2.99. The van der Waals surface area contributed by atoms with Crippen molar-refractivity contribution in [1.82, 2.24) is 0 Å². The minimum absolute atomic E-state index is 0.129. The van der Waals surface area contributed by atoms with Crippen LogP contribution >= 0.6 is 11.6 Å². The highest BCUT2D eigenvalue weighted by atomic mass is 35.5. The average Bonchev–Trinajstić information content (AvgIpc) is 2.43. The zero-order chi connectivity index (χ0) is 13.0. The molecule has 1 aliphatic rings. The van der Waals surface area contributed by atoms with E-state index in [1.165, 1.54) is 0 Å². The number of ether oxygens (including phenoxy) is 2. The van der Waals surface area contributed by atoms with Crippen LogP contribution < -0.4 is 9.47 Å². The quantitative estimate of drug-likeness (QED) is 0.608. The molecule has 0 aliphatic carbocycles. The van der Waals surface area contributed by atoms with Crippen LogP contribution in [-0.2, 0) is 6.42 Å². The summed E-state index contributed by atoms with van der Waals surface area (Å²) < 4.78 is 11.0. The zero-order valence-electron chi connectivity index (χ0n) is 10.5. The van der Waals surface area contributed by atoms with Gasteiger partial charge in [0.2, 0.25) is 0 Å². The highest BCUT2D eigenvalue weighted by Crippen LogP contribution is 2.34. The number of alkyl halides is 1. The number of carbonyl (C=O) groups is 1. The maximum absolute atomic E-state index is 12.1. The van der Waals surface area contributed by atoms with Gasteiger partial charge in [-0.1, -0.05) is 6.92 Å². The Kier molecular flexibility index (Phi) is 4.48. The van der Waals surface area contributed by atoms with Gasteiger partial charge in [-0.05, 0) is 30.5 Å². The van der Waals surface area contributed by atoms with Gasteiger partial charge in [-0.3, -0.25) is 4.79 Å². The zero-order valence-corrected chi connectivity index (χ0v) is 11.3. The van der Waals surface area contributed by atoms with Crippen molar-refractivity contribution in [3.05, 3.63) is 23.3 Å². The lowest BCUT2D eigenvalue weighted by Gasteiger charge is -2.20. The summed E-state index contributed by atoms with van der Waals surface area (Å²) >= 11 is 5.63. The molecule has 0 unspecified atom stereocenters. The largest absolute Gasteiger partial charge is 0.486 e. The molecule has 18 heavy (non-hydrogen) atoms. The summed E-state index contributed by atoms with van der Waals surface area (Å²) in [5.74, 6) is 2.06. The van der Waals surface area contributed by atoms with E-state index < -0.39 is 0 Å². The summed E-state index contributed by atoms with van der Waals surface area (Å²) in [5.41, 5.74) is 1.76. The summed E-state index contributed by atoms with van der Waals surface area (Å²) in [4.78, 5) is 12.1. The van der Waals surface area contributed by atoms with Crippen LogP contribution in [0.4, 0.5) is 0 Å². The third-order valence-corrected chi connectivity index (χ3v) is 3.25. The summed E-state index contributed by atoms with van der Waals surface area (Å²) in [6.45, 7) is 3.13. The van der Waals surface area contributed by atoms with E-state index in [0.29, 0.717) is 37.7 Å². The average molecular weight is 269 g/mol. The van der Waals surface area contributed by atoms with Crippen LogP contribution in [0.15, 0.2) is 12.1 Å². The molecule has 0 atom stereocenters. The van der Waals surface area contributed by atoms with Gasteiger partial charge in [0.05, 0.1) is 0 Å². The van der Waals surface area contributed by atoms with Crippen molar-refractivity contribution in [2.75, 3.05) is 19.1 Å². The fourth-order valence-corrected chi connectivity index (χ4v) is 2.18. The normalized spacial score (nSPS) is 13.4. The molecule has 0 saturated carbocycles. The van der Waals surface area contributed by atoms with Crippen molar-refractivity contribution in [2.24, 2.45) is 0 Å². The van der Waals surface area contributed by atoms with Gasteiger partial charge in [0.1, 0.15) is 13.2 Å². The fraction of sp³-hybridized carbons (Fsp3) is 0.500. The van der Waals surface area contributed by atoms with Gasteiger partial charge in [-0.25, -0.2) is 0 Å². The number of carbonyl (C=O) groups excluding carboxylic acids is 1. The van der Waals surface area contributed by atoms with Crippen LogP contribution in [0.5, 0.6) is 11.5 Å². The van der Waals surface area contributed by atoms with Gasteiger partial charge in [-0.15, -0.1) is 11.6 Å². The van der Waals surface area contributed by atoms with Crippen molar-refractivity contribution < 1.29 is 14.3 Å². The van der Waals surface area contributed by atoms with Crippen LogP contribution in [0.1, 0.15) is 35.7 Å². The van der Waals surface area contributed by atoms with Crippen LogP contribution in [-0.4, -0.2) is 24.9 Å². The smallest absolute Gasteiger partial charge is 0.163 e. The molecule has 0 fully saturated rings. The van der Waals surface area contributed by atoms with E-state index in [1.54, 1.807) is 0 Å². The molecule has 1 heterocycles. The first kappa shape index (κ1) is 13.2.